The van der Waals surface area contributed by atoms with Crippen LogP contribution in [-0.4, -0.2) is 90.0 Å². The number of amides is 3. The first-order chi connectivity index (χ1) is 22.4. The Morgan fingerprint density at radius 1 is 1.00 bits per heavy atom. The Bertz CT molecular complexity index is 1540. The van der Waals surface area contributed by atoms with Gasteiger partial charge in [-0.05, 0) is 95.0 Å². The number of β-amino-alcohol motifs (C(OH)–C–C–N with tert-alkyl or cyclic N) is 1. The normalized spacial score (nSPS) is 22.5. The molecule has 1 saturated carbocycles. The molecule has 1 aromatic heterocycles. The van der Waals surface area contributed by atoms with E-state index in [1.165, 1.54) is 26.0 Å². The number of likely N-dealkylation sites (tertiary alicyclic amines) is 1. The van der Waals surface area contributed by atoms with Gasteiger partial charge in [-0.1, -0.05) is 49.6 Å². The highest BCUT2D eigenvalue weighted by molar-refractivity contribution is 7.92. The van der Waals surface area contributed by atoms with Crippen molar-refractivity contribution in [2.45, 2.75) is 108 Å². The van der Waals surface area contributed by atoms with E-state index in [1.54, 1.807) is 0 Å². The van der Waals surface area contributed by atoms with Crippen molar-refractivity contribution in [3.05, 3.63) is 59.0 Å². The number of carbonyl (C=O) groups is 3. The van der Waals surface area contributed by atoms with Gasteiger partial charge in [0.1, 0.15) is 6.04 Å². The number of nitrogens with zero attached hydrogens (tertiary/aromatic N) is 1. The molecule has 11 nitrogen and oxygen atoms in total. The van der Waals surface area contributed by atoms with Crippen molar-refractivity contribution in [3.8, 4) is 0 Å². The summed E-state index contributed by atoms with van der Waals surface area (Å²) in [6.45, 7) is 9.30. The van der Waals surface area contributed by atoms with Gasteiger partial charge in [0.15, 0.2) is 20.8 Å². The molecule has 0 spiro atoms. The zero-order valence-electron chi connectivity index (χ0n) is 28.8. The Morgan fingerprint density at radius 3 is 2.23 bits per heavy atom. The van der Waals surface area contributed by atoms with Crippen LogP contribution in [0, 0.1) is 11.8 Å². The van der Waals surface area contributed by atoms with Gasteiger partial charge < -0.3 is 25.5 Å². The van der Waals surface area contributed by atoms with Gasteiger partial charge in [0.25, 0.3) is 5.91 Å². The van der Waals surface area contributed by atoms with E-state index in [-0.39, 0.29) is 29.9 Å². The van der Waals surface area contributed by atoms with Gasteiger partial charge >= 0.3 is 0 Å². The maximum atomic E-state index is 14.1. The van der Waals surface area contributed by atoms with Crippen LogP contribution >= 0.6 is 11.6 Å². The van der Waals surface area contributed by atoms with Crippen LogP contribution in [-0.2, 0) is 25.8 Å². The molecule has 1 aliphatic carbocycles. The van der Waals surface area contributed by atoms with Crippen LogP contribution < -0.4 is 16.0 Å². The van der Waals surface area contributed by atoms with Crippen LogP contribution in [0.1, 0.15) is 82.8 Å². The fourth-order valence-electron chi connectivity index (χ4n) is 6.82. The minimum absolute atomic E-state index is 0.0404. The second-order valence-corrected chi connectivity index (χ2v) is 18.0. The van der Waals surface area contributed by atoms with E-state index in [0.717, 1.165) is 37.5 Å². The summed E-state index contributed by atoms with van der Waals surface area (Å²) in [4.78, 5) is 42.8. The van der Waals surface area contributed by atoms with E-state index in [1.807, 2.05) is 56.0 Å². The maximum Gasteiger partial charge on any atom is 0.287 e. The molecule has 4 N–H and O–H groups in total. The standard InChI is InChI=1S/C35H51ClN4O7S/c1-34(2,3)39-31(42)26-19-23-14-10-11-15-24(23)20-40(26)21-27(41)25(18-22-12-8-7-9-13-22)37-33(44)30(35(4,5)48(6,45)46)38-32(43)28-16-17-29(36)47-28/h7-9,12-13,16-17,23-27,30,41H,10-11,14-15,18-21H2,1-6H3,(H,37,44)(H,38,43)(H,39,42)/t23-,24?,25?,26?,27+,30+/m0/s1. The molecule has 3 amide bonds. The second-order valence-electron chi connectivity index (χ2n) is 15.0. The molecule has 13 heteroatoms. The number of hydrogen-bond acceptors (Lipinski definition) is 8. The number of hydrogen-bond donors (Lipinski definition) is 4. The Labute approximate surface area is 289 Å². The van der Waals surface area contributed by atoms with Crippen molar-refractivity contribution < 1.29 is 32.3 Å². The number of sulfone groups is 1. The lowest BCUT2D eigenvalue weighted by Crippen LogP contribution is -2.64. The third-order valence-electron chi connectivity index (χ3n) is 9.80. The van der Waals surface area contributed by atoms with Crippen molar-refractivity contribution >= 4 is 39.2 Å². The molecule has 2 aliphatic rings. The van der Waals surface area contributed by atoms with Gasteiger partial charge in [-0.3, -0.25) is 19.3 Å². The molecule has 1 aromatic carbocycles. The monoisotopic (exact) mass is 706 g/mol. The number of nitrogens with one attached hydrogen (secondary N) is 3. The molecule has 0 radical (unpaired) electrons. The fourth-order valence-corrected chi connectivity index (χ4v) is 7.56. The predicted octanol–water partition coefficient (Wildman–Crippen LogP) is 3.74. The first-order valence-electron chi connectivity index (χ1n) is 16.7. The zero-order valence-corrected chi connectivity index (χ0v) is 30.4. The fraction of sp³-hybridized carbons (Fsp3) is 0.629. The number of carbonyl (C=O) groups excluding carboxylic acids is 3. The van der Waals surface area contributed by atoms with Crippen molar-refractivity contribution in [2.75, 3.05) is 19.3 Å². The van der Waals surface area contributed by atoms with Gasteiger partial charge in [0.2, 0.25) is 11.8 Å². The Kier molecular flexibility index (Phi) is 12.1. The quantitative estimate of drug-likeness (QED) is 0.260. The van der Waals surface area contributed by atoms with Gasteiger partial charge in [0, 0.05) is 24.9 Å². The highest BCUT2D eigenvalue weighted by Gasteiger charge is 2.46. The van der Waals surface area contributed by atoms with Gasteiger partial charge in [-0.25, -0.2) is 8.42 Å². The van der Waals surface area contributed by atoms with E-state index in [2.05, 4.69) is 16.0 Å². The average Bonchev–Trinajstić information content (AvgIpc) is 3.44. The highest BCUT2D eigenvalue weighted by Crippen LogP contribution is 2.39. The van der Waals surface area contributed by atoms with E-state index >= 15 is 0 Å². The van der Waals surface area contributed by atoms with Crippen molar-refractivity contribution in [2.24, 2.45) is 11.8 Å². The summed E-state index contributed by atoms with van der Waals surface area (Å²) in [6, 6.07) is 9.12. The van der Waals surface area contributed by atoms with Crippen LogP contribution in [0.2, 0.25) is 5.22 Å². The lowest BCUT2D eigenvalue weighted by molar-refractivity contribution is -0.133. The number of piperidine rings is 1. The lowest BCUT2D eigenvalue weighted by Gasteiger charge is -2.47. The molecule has 1 saturated heterocycles. The van der Waals surface area contributed by atoms with Crippen LogP contribution in [0.4, 0.5) is 0 Å². The van der Waals surface area contributed by atoms with Crippen molar-refractivity contribution in [1.29, 1.82) is 0 Å². The van der Waals surface area contributed by atoms with Crippen LogP contribution in [0.25, 0.3) is 0 Å². The van der Waals surface area contributed by atoms with Crippen LogP contribution in [0.15, 0.2) is 46.9 Å². The minimum Gasteiger partial charge on any atom is -0.440 e. The molecule has 3 unspecified atom stereocenters. The predicted molar refractivity (Wildman–Crippen MR) is 185 cm³/mol. The molecular formula is C35H51ClN4O7S. The summed E-state index contributed by atoms with van der Waals surface area (Å²) < 4.78 is 29.3. The number of rotatable bonds is 12. The molecule has 0 bridgehead atoms. The van der Waals surface area contributed by atoms with E-state index < -0.39 is 56.2 Å². The summed E-state index contributed by atoms with van der Waals surface area (Å²) in [6.07, 6.45) is 5.21. The number of aliphatic hydroxyl groups excluding tert-OH is 1. The molecule has 266 valence electrons. The van der Waals surface area contributed by atoms with Crippen molar-refractivity contribution in [1.82, 2.24) is 20.9 Å². The lowest BCUT2D eigenvalue weighted by atomic mass is 9.72. The minimum atomic E-state index is -3.90. The highest BCUT2D eigenvalue weighted by atomic mass is 35.5. The smallest absolute Gasteiger partial charge is 0.287 e. The molecular weight excluding hydrogens is 656 g/mol. The van der Waals surface area contributed by atoms with Gasteiger partial charge in [0.05, 0.1) is 22.9 Å². The Hall–Kier alpha value is -2.93. The average molecular weight is 707 g/mol. The molecule has 48 heavy (non-hydrogen) atoms. The summed E-state index contributed by atoms with van der Waals surface area (Å²) in [5.41, 5.74) is 0.407. The molecule has 4 rings (SSSR count). The summed E-state index contributed by atoms with van der Waals surface area (Å²) in [5, 5.41) is 20.4. The number of fused-ring (bicyclic) bond motifs is 1. The first-order valence-corrected chi connectivity index (χ1v) is 19.0. The van der Waals surface area contributed by atoms with Gasteiger partial charge in [-0.2, -0.15) is 0 Å². The molecule has 2 aromatic rings. The molecule has 2 heterocycles. The summed E-state index contributed by atoms with van der Waals surface area (Å²) in [7, 11) is -3.90. The second kappa shape index (κ2) is 15.3. The topological polar surface area (TPSA) is 158 Å². The summed E-state index contributed by atoms with van der Waals surface area (Å²) in [5.74, 6) is -1.02. The molecule has 2 fully saturated rings. The van der Waals surface area contributed by atoms with E-state index in [0.29, 0.717) is 24.8 Å². The number of aliphatic hydroxyl groups is 1. The SMILES string of the molecule is CC(C)(C)NC(=O)C1C[C@@H]2CCCCC2CN1C[C@@H](O)C(Cc1ccccc1)NC(=O)[C@@H](NC(=O)c1ccc(Cl)o1)C(C)(C)S(C)(=O)=O. The third kappa shape index (κ3) is 9.61. The maximum absolute atomic E-state index is 14.1. The molecule has 6 atom stereocenters. The molecule has 1 aliphatic heterocycles. The van der Waals surface area contributed by atoms with E-state index in [4.69, 9.17) is 16.0 Å². The Morgan fingerprint density at radius 2 is 1.65 bits per heavy atom. The third-order valence-corrected chi connectivity index (χ3v) is 12.2. The van der Waals surface area contributed by atoms with Gasteiger partial charge in [-0.15, -0.1) is 0 Å². The van der Waals surface area contributed by atoms with E-state index in [9.17, 15) is 27.9 Å². The summed E-state index contributed by atoms with van der Waals surface area (Å²) >= 11 is 5.85. The van der Waals surface area contributed by atoms with Crippen LogP contribution in [0.5, 0.6) is 0 Å². The Balaban J connectivity index is 1.62. The zero-order chi connectivity index (χ0) is 35.4. The largest absolute Gasteiger partial charge is 0.440 e. The van der Waals surface area contributed by atoms with Crippen LogP contribution in [0.3, 0.4) is 0 Å². The number of benzene rings is 1. The number of halogens is 1. The number of furan rings is 1. The first kappa shape index (κ1) is 37.9. The van der Waals surface area contributed by atoms with Crippen molar-refractivity contribution in [3.63, 3.8) is 0 Å².